The largest absolute Gasteiger partial charge is 0.465 e. The molecule has 4 rings (SSSR count). The van der Waals surface area contributed by atoms with Crippen molar-refractivity contribution in [2.24, 2.45) is 0 Å². The van der Waals surface area contributed by atoms with E-state index in [4.69, 9.17) is 4.74 Å². The number of benzene rings is 3. The maximum absolute atomic E-state index is 12.7. The zero-order valence-corrected chi connectivity index (χ0v) is 14.4. The summed E-state index contributed by atoms with van der Waals surface area (Å²) in [7, 11) is 1.31. The predicted molar refractivity (Wildman–Crippen MR) is 99.8 cm³/mol. The van der Waals surface area contributed by atoms with Crippen molar-refractivity contribution in [1.82, 2.24) is 9.97 Å². The van der Waals surface area contributed by atoms with E-state index in [2.05, 4.69) is 14.7 Å². The van der Waals surface area contributed by atoms with Crippen LogP contribution in [0, 0.1) is 0 Å². The molecule has 1 heterocycles. The third-order valence-electron chi connectivity index (χ3n) is 4.08. The number of methoxy groups -OCH3 is 1. The van der Waals surface area contributed by atoms with Gasteiger partial charge >= 0.3 is 11.9 Å². The lowest BCUT2D eigenvalue weighted by atomic mass is 10.1. The molecule has 1 aromatic heterocycles. The summed E-state index contributed by atoms with van der Waals surface area (Å²) in [6, 6.07) is 18.8. The number of rotatable bonds is 3. The molecule has 6 nitrogen and oxygen atoms in total. The van der Waals surface area contributed by atoms with Crippen molar-refractivity contribution in [2.45, 2.75) is 0 Å². The zero-order valence-electron chi connectivity index (χ0n) is 14.4. The normalized spacial score (nSPS) is 10.7. The first-order valence-electron chi connectivity index (χ1n) is 8.22. The van der Waals surface area contributed by atoms with Gasteiger partial charge in [-0.25, -0.2) is 19.6 Å². The minimum absolute atomic E-state index is 0.318. The molecule has 3 aromatic carbocycles. The second-order valence-corrected chi connectivity index (χ2v) is 5.79. The van der Waals surface area contributed by atoms with Crippen LogP contribution in [-0.4, -0.2) is 29.0 Å². The van der Waals surface area contributed by atoms with Gasteiger partial charge in [0.2, 0.25) is 0 Å². The molecule has 0 unspecified atom stereocenters. The van der Waals surface area contributed by atoms with Gasteiger partial charge in [-0.15, -0.1) is 0 Å². The van der Waals surface area contributed by atoms with Gasteiger partial charge in [0.15, 0.2) is 0 Å². The first-order chi connectivity index (χ1) is 13.2. The Kier molecular flexibility index (Phi) is 4.22. The van der Waals surface area contributed by atoms with Gasteiger partial charge in [0.25, 0.3) is 0 Å². The van der Waals surface area contributed by atoms with Crippen LogP contribution in [0.2, 0.25) is 0 Å². The number of esters is 2. The maximum Gasteiger partial charge on any atom is 0.345 e. The number of ether oxygens (including phenoxy) is 2. The number of fused-ring (bicyclic) bond motifs is 2. The Balaban J connectivity index is 1.68. The molecule has 0 saturated carbocycles. The van der Waals surface area contributed by atoms with Crippen LogP contribution < -0.4 is 4.74 Å². The Bertz CT molecular complexity index is 1170. The maximum atomic E-state index is 12.7. The molecule has 0 amide bonds. The minimum Gasteiger partial charge on any atom is -0.465 e. The molecule has 0 saturated heterocycles. The van der Waals surface area contributed by atoms with Gasteiger partial charge in [0.05, 0.1) is 34.8 Å². The smallest absolute Gasteiger partial charge is 0.345 e. The SMILES string of the molecule is COC(=O)c1ccc(OC(=O)c2cccc3nc4ccccc4nc23)cc1. The van der Waals surface area contributed by atoms with Crippen molar-refractivity contribution in [2.75, 3.05) is 7.11 Å². The summed E-state index contributed by atoms with van der Waals surface area (Å²) in [4.78, 5) is 33.2. The summed E-state index contributed by atoms with van der Waals surface area (Å²) in [6.45, 7) is 0. The van der Waals surface area contributed by atoms with E-state index in [1.165, 1.54) is 31.4 Å². The molecule has 0 aliphatic carbocycles. The summed E-state index contributed by atoms with van der Waals surface area (Å²) in [5, 5.41) is 0. The molecule has 132 valence electrons. The molecule has 0 aliphatic heterocycles. The zero-order chi connectivity index (χ0) is 18.8. The van der Waals surface area contributed by atoms with E-state index in [-0.39, 0.29) is 0 Å². The summed E-state index contributed by atoms with van der Waals surface area (Å²) < 4.78 is 10.1. The second-order valence-electron chi connectivity index (χ2n) is 5.79. The Hall–Kier alpha value is -3.80. The van der Waals surface area contributed by atoms with Gasteiger partial charge < -0.3 is 9.47 Å². The Morgan fingerprint density at radius 1 is 0.741 bits per heavy atom. The third-order valence-corrected chi connectivity index (χ3v) is 4.08. The molecule has 0 aliphatic rings. The molecule has 0 bridgehead atoms. The average Bonchev–Trinajstić information content (AvgIpc) is 2.71. The number of nitrogens with zero attached hydrogens (tertiary/aromatic N) is 2. The van der Waals surface area contributed by atoms with Crippen LogP contribution in [0.25, 0.3) is 22.1 Å². The first-order valence-corrected chi connectivity index (χ1v) is 8.22. The Labute approximate surface area is 154 Å². The fourth-order valence-corrected chi connectivity index (χ4v) is 2.75. The highest BCUT2D eigenvalue weighted by Crippen LogP contribution is 2.21. The van der Waals surface area contributed by atoms with Gasteiger partial charge in [-0.2, -0.15) is 0 Å². The fourth-order valence-electron chi connectivity index (χ4n) is 2.75. The van der Waals surface area contributed by atoms with E-state index in [9.17, 15) is 9.59 Å². The number of aromatic nitrogens is 2. The highest BCUT2D eigenvalue weighted by atomic mass is 16.5. The van der Waals surface area contributed by atoms with Gasteiger partial charge in [0, 0.05) is 0 Å². The molecule has 6 heteroatoms. The average molecular weight is 358 g/mol. The lowest BCUT2D eigenvalue weighted by Crippen LogP contribution is -2.10. The third kappa shape index (κ3) is 3.20. The lowest BCUT2D eigenvalue weighted by molar-refractivity contribution is 0.0600. The molecule has 0 fully saturated rings. The van der Waals surface area contributed by atoms with Crippen molar-refractivity contribution in [1.29, 1.82) is 0 Å². The molecule has 4 aromatic rings. The molecular weight excluding hydrogens is 344 g/mol. The monoisotopic (exact) mass is 358 g/mol. The van der Waals surface area contributed by atoms with E-state index in [1.54, 1.807) is 18.2 Å². The molecule has 0 radical (unpaired) electrons. The van der Waals surface area contributed by atoms with Crippen molar-refractivity contribution < 1.29 is 19.1 Å². The van der Waals surface area contributed by atoms with E-state index in [0.717, 1.165) is 5.52 Å². The van der Waals surface area contributed by atoms with E-state index >= 15 is 0 Å². The van der Waals surface area contributed by atoms with Gasteiger partial charge in [-0.1, -0.05) is 18.2 Å². The topological polar surface area (TPSA) is 78.4 Å². The molecule has 0 spiro atoms. The van der Waals surface area contributed by atoms with Crippen LogP contribution in [-0.2, 0) is 4.74 Å². The van der Waals surface area contributed by atoms with Crippen LogP contribution in [0.3, 0.4) is 0 Å². The van der Waals surface area contributed by atoms with Crippen LogP contribution in [0.1, 0.15) is 20.7 Å². The molecular formula is C21H14N2O4. The number of carbonyl (C=O) groups is 2. The number of para-hydroxylation sites is 3. The van der Waals surface area contributed by atoms with Crippen molar-refractivity contribution in [3.63, 3.8) is 0 Å². The summed E-state index contributed by atoms with van der Waals surface area (Å²) >= 11 is 0. The summed E-state index contributed by atoms with van der Waals surface area (Å²) in [5.74, 6) is -0.682. The quantitative estimate of drug-likeness (QED) is 0.315. The number of hydrogen-bond donors (Lipinski definition) is 0. The van der Waals surface area contributed by atoms with Gasteiger partial charge in [-0.3, -0.25) is 0 Å². The molecule has 0 atom stereocenters. The predicted octanol–water partition coefficient (Wildman–Crippen LogP) is 3.79. The van der Waals surface area contributed by atoms with Crippen LogP contribution >= 0.6 is 0 Å². The number of hydrogen-bond acceptors (Lipinski definition) is 6. The second kappa shape index (κ2) is 6.84. The molecule has 27 heavy (non-hydrogen) atoms. The lowest BCUT2D eigenvalue weighted by Gasteiger charge is -2.08. The summed E-state index contributed by atoms with van der Waals surface area (Å²) in [5.41, 5.74) is 3.25. The van der Waals surface area contributed by atoms with E-state index in [1.807, 2.05) is 24.3 Å². The highest BCUT2D eigenvalue weighted by Gasteiger charge is 2.15. The van der Waals surface area contributed by atoms with Crippen LogP contribution in [0.5, 0.6) is 5.75 Å². The van der Waals surface area contributed by atoms with Crippen molar-refractivity contribution >= 4 is 34.0 Å². The standard InChI is InChI=1S/C21H14N2O4/c1-26-20(24)13-9-11-14(12-10-13)27-21(25)15-5-4-8-18-19(15)23-17-7-3-2-6-16(17)22-18/h2-12H,1H3. The van der Waals surface area contributed by atoms with Crippen LogP contribution in [0.4, 0.5) is 0 Å². The van der Waals surface area contributed by atoms with Crippen molar-refractivity contribution in [3.05, 3.63) is 77.9 Å². The number of carbonyl (C=O) groups excluding carboxylic acids is 2. The van der Waals surface area contributed by atoms with E-state index in [0.29, 0.717) is 33.4 Å². The Morgan fingerprint density at radius 2 is 1.41 bits per heavy atom. The van der Waals surface area contributed by atoms with Gasteiger partial charge in [-0.05, 0) is 48.5 Å². The first kappa shape index (κ1) is 16.7. The van der Waals surface area contributed by atoms with Gasteiger partial charge in [0.1, 0.15) is 11.3 Å². The van der Waals surface area contributed by atoms with Crippen molar-refractivity contribution in [3.8, 4) is 5.75 Å². The molecule has 0 N–H and O–H groups in total. The van der Waals surface area contributed by atoms with Crippen LogP contribution in [0.15, 0.2) is 66.7 Å². The Morgan fingerprint density at radius 3 is 2.11 bits per heavy atom. The summed E-state index contributed by atoms with van der Waals surface area (Å²) in [6.07, 6.45) is 0. The fraction of sp³-hybridized carbons (Fsp3) is 0.0476. The van der Waals surface area contributed by atoms with E-state index < -0.39 is 11.9 Å². The minimum atomic E-state index is -0.545. The highest BCUT2D eigenvalue weighted by molar-refractivity contribution is 6.04.